The molecule has 1 fully saturated rings. The highest BCUT2D eigenvalue weighted by Crippen LogP contribution is 2.35. The summed E-state index contributed by atoms with van der Waals surface area (Å²) in [6, 6.07) is 22.9. The van der Waals surface area contributed by atoms with E-state index in [1.807, 2.05) is 72.9 Å². The molecule has 2 heterocycles. The zero-order valence-electron chi connectivity index (χ0n) is 17.4. The molecule has 0 unspecified atom stereocenters. The van der Waals surface area contributed by atoms with Crippen LogP contribution in [0.3, 0.4) is 0 Å². The van der Waals surface area contributed by atoms with Crippen LogP contribution in [-0.2, 0) is 17.9 Å². The van der Waals surface area contributed by atoms with Crippen LogP contribution in [0.5, 0.6) is 0 Å². The second kappa shape index (κ2) is 9.10. The van der Waals surface area contributed by atoms with Gasteiger partial charge in [0.2, 0.25) is 0 Å². The van der Waals surface area contributed by atoms with Gasteiger partial charge in [-0.3, -0.25) is 14.5 Å². The minimum atomic E-state index is -0.272. The molecule has 0 atom stereocenters. The molecule has 0 radical (unpaired) electrons. The van der Waals surface area contributed by atoms with Crippen molar-refractivity contribution in [3.63, 3.8) is 0 Å². The highest BCUT2D eigenvalue weighted by atomic mass is 35.5. The third-order valence-corrected chi connectivity index (χ3v) is 7.01. The van der Waals surface area contributed by atoms with Gasteiger partial charge in [0.05, 0.1) is 11.4 Å². The van der Waals surface area contributed by atoms with Gasteiger partial charge in [-0.05, 0) is 47.2 Å². The van der Waals surface area contributed by atoms with Crippen LogP contribution >= 0.6 is 35.0 Å². The van der Waals surface area contributed by atoms with Gasteiger partial charge in [-0.1, -0.05) is 77.8 Å². The van der Waals surface area contributed by atoms with E-state index in [0.29, 0.717) is 21.5 Å². The van der Waals surface area contributed by atoms with Crippen molar-refractivity contribution in [3.8, 4) is 0 Å². The van der Waals surface area contributed by atoms with Gasteiger partial charge >= 0.3 is 0 Å². The van der Waals surface area contributed by atoms with E-state index in [4.69, 9.17) is 23.2 Å². The quantitative estimate of drug-likeness (QED) is 0.276. The lowest BCUT2D eigenvalue weighted by Crippen LogP contribution is -2.27. The fourth-order valence-electron chi connectivity index (χ4n) is 3.90. The minimum Gasteiger partial charge on any atom is -0.342 e. The monoisotopic (exact) mass is 492 g/mol. The van der Waals surface area contributed by atoms with Crippen LogP contribution in [0.25, 0.3) is 17.0 Å². The molecule has 2 amide bonds. The van der Waals surface area contributed by atoms with Crippen molar-refractivity contribution in [2.45, 2.75) is 13.1 Å². The van der Waals surface area contributed by atoms with Crippen LogP contribution in [-0.4, -0.2) is 20.6 Å². The van der Waals surface area contributed by atoms with Gasteiger partial charge in [-0.2, -0.15) is 0 Å². The Labute approximate surface area is 205 Å². The Morgan fingerprint density at radius 1 is 0.879 bits per heavy atom. The van der Waals surface area contributed by atoms with Gasteiger partial charge in [0.25, 0.3) is 11.1 Å². The normalized spacial score (nSPS) is 15.2. The van der Waals surface area contributed by atoms with E-state index in [0.717, 1.165) is 39.4 Å². The van der Waals surface area contributed by atoms with Crippen LogP contribution in [0.4, 0.5) is 4.79 Å². The maximum Gasteiger partial charge on any atom is 0.293 e. The standard InChI is InChI=1S/C26H18Cl2N2O2S/c27-20-11-10-18(22(28)13-20)15-29-16-19(21-8-4-5-9-23(21)29)12-24-25(31)30(26(32)33-24)14-17-6-2-1-3-7-17/h1-13,16H,14-15H2/b24-12+. The number of para-hydroxylation sites is 1. The summed E-state index contributed by atoms with van der Waals surface area (Å²) in [4.78, 5) is 27.3. The fourth-order valence-corrected chi connectivity index (χ4v) is 5.20. The number of hydrogen-bond acceptors (Lipinski definition) is 3. The van der Waals surface area contributed by atoms with Gasteiger partial charge in [0, 0.05) is 39.3 Å². The molecule has 0 bridgehead atoms. The summed E-state index contributed by atoms with van der Waals surface area (Å²) in [6.07, 6.45) is 3.79. The molecule has 0 saturated carbocycles. The van der Waals surface area contributed by atoms with Crippen LogP contribution in [0, 0.1) is 0 Å². The summed E-state index contributed by atoms with van der Waals surface area (Å²) in [5.41, 5.74) is 3.74. The maximum atomic E-state index is 13.0. The second-order valence-electron chi connectivity index (χ2n) is 7.72. The van der Waals surface area contributed by atoms with Crippen molar-refractivity contribution in [2.24, 2.45) is 0 Å². The Morgan fingerprint density at radius 3 is 2.42 bits per heavy atom. The first kappa shape index (κ1) is 21.8. The molecule has 33 heavy (non-hydrogen) atoms. The third kappa shape index (κ3) is 4.44. The molecule has 7 heteroatoms. The average Bonchev–Trinajstić information content (AvgIpc) is 3.28. The lowest BCUT2D eigenvalue weighted by atomic mass is 10.1. The summed E-state index contributed by atoms with van der Waals surface area (Å²) >= 11 is 13.4. The predicted molar refractivity (Wildman–Crippen MR) is 135 cm³/mol. The molecule has 0 N–H and O–H groups in total. The van der Waals surface area contributed by atoms with E-state index in [2.05, 4.69) is 4.57 Å². The Bertz CT molecular complexity index is 1410. The topological polar surface area (TPSA) is 42.3 Å². The average molecular weight is 493 g/mol. The highest BCUT2D eigenvalue weighted by Gasteiger charge is 2.35. The summed E-state index contributed by atoms with van der Waals surface area (Å²) in [6.45, 7) is 0.819. The molecule has 0 spiro atoms. The van der Waals surface area contributed by atoms with Crippen molar-refractivity contribution in [1.82, 2.24) is 9.47 Å². The van der Waals surface area contributed by atoms with Crippen molar-refractivity contribution in [2.75, 3.05) is 0 Å². The maximum absolute atomic E-state index is 13.0. The number of imide groups is 1. The van der Waals surface area contributed by atoms with Crippen LogP contribution in [0.2, 0.25) is 10.0 Å². The van der Waals surface area contributed by atoms with Gasteiger partial charge in [-0.25, -0.2) is 0 Å². The first-order chi connectivity index (χ1) is 16.0. The molecule has 1 saturated heterocycles. The smallest absolute Gasteiger partial charge is 0.293 e. The van der Waals surface area contributed by atoms with E-state index < -0.39 is 0 Å². The molecule has 3 aromatic carbocycles. The number of carbonyl (C=O) groups is 2. The summed E-state index contributed by atoms with van der Waals surface area (Å²) in [7, 11) is 0. The van der Waals surface area contributed by atoms with Crippen LogP contribution in [0.1, 0.15) is 16.7 Å². The molecule has 4 aromatic rings. The molecular formula is C26H18Cl2N2O2S. The van der Waals surface area contributed by atoms with Crippen molar-refractivity contribution in [1.29, 1.82) is 0 Å². The van der Waals surface area contributed by atoms with Crippen LogP contribution in [0.15, 0.2) is 83.9 Å². The van der Waals surface area contributed by atoms with E-state index >= 15 is 0 Å². The van der Waals surface area contributed by atoms with E-state index in [-0.39, 0.29) is 17.7 Å². The Hall–Kier alpha value is -2.99. The van der Waals surface area contributed by atoms with Crippen molar-refractivity contribution < 1.29 is 9.59 Å². The van der Waals surface area contributed by atoms with Crippen LogP contribution < -0.4 is 0 Å². The third-order valence-electron chi connectivity index (χ3n) is 5.52. The first-order valence-corrected chi connectivity index (χ1v) is 11.9. The molecule has 164 valence electrons. The Kier molecular flexibility index (Phi) is 6.02. The van der Waals surface area contributed by atoms with Gasteiger partial charge in [0.15, 0.2) is 0 Å². The largest absolute Gasteiger partial charge is 0.342 e. The number of halogens is 2. The summed E-state index contributed by atoms with van der Waals surface area (Å²) < 4.78 is 2.09. The number of benzene rings is 3. The number of rotatable bonds is 5. The molecule has 4 nitrogen and oxygen atoms in total. The van der Waals surface area contributed by atoms with Gasteiger partial charge in [-0.15, -0.1) is 0 Å². The minimum absolute atomic E-state index is 0.258. The lowest BCUT2D eigenvalue weighted by molar-refractivity contribution is -0.123. The van der Waals surface area contributed by atoms with E-state index in [1.165, 1.54) is 4.90 Å². The molecule has 5 rings (SSSR count). The Morgan fingerprint density at radius 2 is 1.64 bits per heavy atom. The number of amides is 2. The Balaban J connectivity index is 1.48. The second-order valence-corrected chi connectivity index (χ2v) is 9.56. The van der Waals surface area contributed by atoms with Gasteiger partial charge in [0.1, 0.15) is 0 Å². The number of hydrogen-bond donors (Lipinski definition) is 0. The number of thioether (sulfide) groups is 1. The highest BCUT2D eigenvalue weighted by molar-refractivity contribution is 8.18. The molecule has 1 aromatic heterocycles. The zero-order chi connectivity index (χ0) is 22.9. The fraction of sp³-hybridized carbons (Fsp3) is 0.0769. The molecule has 1 aliphatic heterocycles. The molecule has 0 aliphatic carbocycles. The number of nitrogens with zero attached hydrogens (tertiary/aromatic N) is 2. The SMILES string of the molecule is O=C1S/C(=C/c2cn(Cc3ccc(Cl)cc3Cl)c3ccccc23)C(=O)N1Cc1ccccc1. The van der Waals surface area contributed by atoms with E-state index in [9.17, 15) is 9.59 Å². The van der Waals surface area contributed by atoms with Crippen molar-refractivity contribution >= 4 is 63.1 Å². The van der Waals surface area contributed by atoms with Crippen molar-refractivity contribution in [3.05, 3.63) is 111 Å². The first-order valence-electron chi connectivity index (χ1n) is 10.3. The number of fused-ring (bicyclic) bond motifs is 1. The molecular weight excluding hydrogens is 475 g/mol. The van der Waals surface area contributed by atoms with Gasteiger partial charge < -0.3 is 4.57 Å². The van der Waals surface area contributed by atoms with E-state index in [1.54, 1.807) is 12.1 Å². The zero-order valence-corrected chi connectivity index (χ0v) is 19.7. The summed E-state index contributed by atoms with van der Waals surface area (Å²) in [5, 5.41) is 1.93. The predicted octanol–water partition coefficient (Wildman–Crippen LogP) is 7.23. The summed E-state index contributed by atoms with van der Waals surface area (Å²) in [5.74, 6) is -0.272. The number of aromatic nitrogens is 1. The molecule has 1 aliphatic rings. The lowest BCUT2D eigenvalue weighted by Gasteiger charge is -2.12. The number of carbonyl (C=O) groups excluding carboxylic acids is 2.